The first-order valence-corrected chi connectivity index (χ1v) is 18.4. The van der Waals surface area contributed by atoms with E-state index < -0.39 is 48.4 Å². The fourth-order valence-corrected chi connectivity index (χ4v) is 7.15. The molecule has 0 aromatic heterocycles. The maximum absolute atomic E-state index is 14.1. The highest BCUT2D eigenvalue weighted by Gasteiger charge is 2.42. The van der Waals surface area contributed by atoms with E-state index in [4.69, 9.17) is 9.47 Å². The number of hydrogen-bond acceptors (Lipinski definition) is 8. The summed E-state index contributed by atoms with van der Waals surface area (Å²) in [5.41, 5.74) is 1.43. The lowest BCUT2D eigenvalue weighted by atomic mass is 9.92. The number of likely N-dealkylation sites (tertiary alicyclic amines) is 1. The van der Waals surface area contributed by atoms with Gasteiger partial charge in [0, 0.05) is 27.8 Å². The van der Waals surface area contributed by atoms with Crippen molar-refractivity contribution in [2.75, 3.05) is 34.9 Å². The van der Waals surface area contributed by atoms with E-state index in [0.717, 1.165) is 12.0 Å². The van der Waals surface area contributed by atoms with Crippen molar-refractivity contribution in [3.63, 3.8) is 0 Å². The van der Waals surface area contributed by atoms with E-state index in [1.165, 1.54) is 7.11 Å². The maximum atomic E-state index is 14.1. The number of ether oxygens (including phenoxy) is 2. The minimum Gasteiger partial charge on any atom is -0.386 e. The molecule has 1 aromatic rings. The zero-order valence-electron chi connectivity index (χ0n) is 32.8. The Kier molecular flexibility index (Phi) is 17.8. The van der Waals surface area contributed by atoms with E-state index in [1.807, 2.05) is 65.0 Å². The molecule has 51 heavy (non-hydrogen) atoms. The van der Waals surface area contributed by atoms with Crippen molar-refractivity contribution in [1.82, 2.24) is 25.8 Å². The number of methoxy groups -OCH3 is 2. The summed E-state index contributed by atoms with van der Waals surface area (Å²) in [4.78, 5) is 58.1. The van der Waals surface area contributed by atoms with Gasteiger partial charge in [-0.15, -0.1) is 0 Å². The highest BCUT2D eigenvalue weighted by molar-refractivity contribution is 5.90. The lowest BCUT2D eigenvalue weighted by Crippen LogP contribution is -2.59. The molecule has 0 bridgehead atoms. The summed E-state index contributed by atoms with van der Waals surface area (Å²) in [6.07, 6.45) is -0.267. The molecule has 0 saturated carbocycles. The average molecular weight is 716 g/mol. The molecule has 288 valence electrons. The van der Waals surface area contributed by atoms with Crippen LogP contribution in [0, 0.1) is 17.8 Å². The zero-order valence-corrected chi connectivity index (χ0v) is 32.8. The number of benzene rings is 1. The molecule has 1 saturated heterocycles. The fourth-order valence-electron chi connectivity index (χ4n) is 7.15. The van der Waals surface area contributed by atoms with Crippen LogP contribution in [0.25, 0.3) is 0 Å². The largest absolute Gasteiger partial charge is 0.386 e. The Balaban J connectivity index is 2.24. The van der Waals surface area contributed by atoms with Crippen molar-refractivity contribution in [3.8, 4) is 0 Å². The van der Waals surface area contributed by atoms with Crippen LogP contribution in [0.1, 0.15) is 85.8 Å². The maximum Gasteiger partial charge on any atom is 0.245 e. The molecule has 0 spiro atoms. The van der Waals surface area contributed by atoms with E-state index in [0.29, 0.717) is 24.9 Å². The van der Waals surface area contributed by atoms with Crippen LogP contribution in [0.4, 0.5) is 0 Å². The predicted molar refractivity (Wildman–Crippen MR) is 200 cm³/mol. The molecule has 1 aliphatic rings. The number of likely N-dealkylation sites (N-methyl/N-ethyl adjacent to an activating group) is 2. The van der Waals surface area contributed by atoms with E-state index >= 15 is 0 Å². The van der Waals surface area contributed by atoms with Crippen LogP contribution in [0.5, 0.6) is 0 Å². The average Bonchev–Trinajstić information content (AvgIpc) is 3.59. The van der Waals surface area contributed by atoms with Gasteiger partial charge in [0.25, 0.3) is 0 Å². The molecule has 12 nitrogen and oxygen atoms in total. The van der Waals surface area contributed by atoms with Crippen LogP contribution in [-0.2, 0) is 28.7 Å². The summed E-state index contributed by atoms with van der Waals surface area (Å²) in [5, 5.41) is 19.7. The zero-order chi connectivity index (χ0) is 38.6. The first-order valence-electron chi connectivity index (χ1n) is 18.4. The Morgan fingerprint density at radius 1 is 0.961 bits per heavy atom. The van der Waals surface area contributed by atoms with Gasteiger partial charge in [-0.05, 0) is 50.6 Å². The molecule has 1 unspecified atom stereocenters. The van der Waals surface area contributed by atoms with Crippen molar-refractivity contribution in [1.29, 1.82) is 0 Å². The van der Waals surface area contributed by atoms with E-state index in [9.17, 15) is 24.3 Å². The van der Waals surface area contributed by atoms with Gasteiger partial charge in [0.2, 0.25) is 23.6 Å². The van der Waals surface area contributed by atoms with Gasteiger partial charge < -0.3 is 40.3 Å². The quantitative estimate of drug-likeness (QED) is 0.150. The summed E-state index contributed by atoms with van der Waals surface area (Å²) in [7, 11) is 6.45. The number of rotatable bonds is 20. The Morgan fingerprint density at radius 2 is 1.57 bits per heavy atom. The molecule has 1 heterocycles. The molecule has 1 fully saturated rings. The molecule has 0 radical (unpaired) electrons. The normalized spacial score (nSPS) is 19.4. The Hall–Kier alpha value is -3.32. The third-order valence-corrected chi connectivity index (χ3v) is 10.3. The number of nitrogens with zero attached hydrogens (tertiary/aromatic N) is 2. The molecular formula is C39H65N5O7. The molecular weight excluding hydrogens is 650 g/mol. The first-order chi connectivity index (χ1) is 24.0. The molecule has 0 aliphatic carbocycles. The van der Waals surface area contributed by atoms with Crippen molar-refractivity contribution in [2.45, 2.75) is 123 Å². The van der Waals surface area contributed by atoms with Crippen LogP contribution in [0.15, 0.2) is 42.5 Å². The number of hydrogen-bond donors (Lipinski definition) is 4. The van der Waals surface area contributed by atoms with Gasteiger partial charge in [-0.3, -0.25) is 19.2 Å². The number of nitrogens with one attached hydrogen (secondary N) is 3. The van der Waals surface area contributed by atoms with Crippen molar-refractivity contribution >= 4 is 23.6 Å². The highest BCUT2D eigenvalue weighted by Crippen LogP contribution is 2.29. The molecule has 4 amide bonds. The summed E-state index contributed by atoms with van der Waals surface area (Å²) in [6.45, 7) is 17.9. The van der Waals surface area contributed by atoms with Crippen LogP contribution in [0.3, 0.4) is 0 Å². The second-order valence-corrected chi connectivity index (χ2v) is 14.6. The van der Waals surface area contributed by atoms with Crippen LogP contribution in [-0.4, -0.2) is 116 Å². The lowest BCUT2D eigenvalue weighted by Gasteiger charge is -2.39. The standard InChI is InChI=1S/C39H65N5O7/c1-13-25(6)34(43(10)39(49)33(24(4)5)42-38(48)32(40-9)23(2)3)30(50-11)22-31(45)44-21-17-20-29(44)36(51-12)26(7)37(47)41-27(8)35(46)28-18-15-14-16-19-28/h14-16,18-19,23-24,26-27,29-30,32-36,40,46H,6,13,17,20-22H2,1-5,7-12H3,(H,41,47)(H,42,48)/t26-,27-,29+,30-,32+,33+,34+,35?,36-/m1/s1. The smallest absolute Gasteiger partial charge is 0.245 e. The third kappa shape index (κ3) is 11.3. The number of aliphatic hydroxyl groups is 1. The van der Waals surface area contributed by atoms with Crippen molar-refractivity contribution in [3.05, 3.63) is 48.0 Å². The third-order valence-electron chi connectivity index (χ3n) is 10.3. The highest BCUT2D eigenvalue weighted by atomic mass is 16.5. The second-order valence-electron chi connectivity index (χ2n) is 14.6. The topological polar surface area (TPSA) is 150 Å². The molecule has 12 heteroatoms. The predicted octanol–water partition coefficient (Wildman–Crippen LogP) is 3.45. The minimum atomic E-state index is -0.882. The first kappa shape index (κ1) is 43.8. The Bertz CT molecular complexity index is 1290. The number of aliphatic hydroxyl groups excluding tert-OH is 1. The van der Waals surface area contributed by atoms with E-state index in [-0.39, 0.29) is 47.9 Å². The van der Waals surface area contributed by atoms with Crippen molar-refractivity contribution < 1.29 is 33.8 Å². The van der Waals surface area contributed by atoms with Gasteiger partial charge >= 0.3 is 0 Å². The Labute approximate surface area is 306 Å². The van der Waals surface area contributed by atoms with E-state index in [1.54, 1.807) is 44.9 Å². The SMILES string of the molecule is C=C(CC)[C@@H]([C@@H](CC(=O)N1CCC[C@H]1[C@H](OC)[C@@H](C)C(=O)N[C@H](C)C(O)c1ccccc1)OC)N(C)C(=O)[C@@H](NC(=O)[C@@H](NC)C(C)C)C(C)C. The Morgan fingerprint density at radius 3 is 2.08 bits per heavy atom. The number of carbonyl (C=O) groups is 4. The summed E-state index contributed by atoms with van der Waals surface area (Å²) >= 11 is 0. The minimum absolute atomic E-state index is 0.0211. The van der Waals surface area contributed by atoms with Crippen LogP contribution in [0.2, 0.25) is 0 Å². The molecule has 1 aromatic carbocycles. The summed E-state index contributed by atoms with van der Waals surface area (Å²) in [5.74, 6) is -1.80. The van der Waals surface area contributed by atoms with Gasteiger partial charge in [0.1, 0.15) is 6.04 Å². The van der Waals surface area contributed by atoms with Crippen LogP contribution >= 0.6 is 0 Å². The molecule has 9 atom stereocenters. The van der Waals surface area contributed by atoms with Gasteiger partial charge in [-0.2, -0.15) is 0 Å². The summed E-state index contributed by atoms with van der Waals surface area (Å²) < 4.78 is 11.8. The monoisotopic (exact) mass is 715 g/mol. The van der Waals surface area contributed by atoms with Crippen LogP contribution < -0.4 is 16.0 Å². The van der Waals surface area contributed by atoms with Gasteiger partial charge in [0.15, 0.2) is 0 Å². The second kappa shape index (κ2) is 20.7. The summed E-state index contributed by atoms with van der Waals surface area (Å²) in [6, 6.07) is 6.36. The molecule has 2 rings (SSSR count). The fraction of sp³-hybridized carbons (Fsp3) is 0.692. The van der Waals surface area contributed by atoms with Gasteiger partial charge in [-0.25, -0.2) is 0 Å². The van der Waals surface area contributed by atoms with Gasteiger partial charge in [-0.1, -0.05) is 84.0 Å². The van der Waals surface area contributed by atoms with E-state index in [2.05, 4.69) is 22.5 Å². The number of amides is 4. The molecule has 4 N–H and O–H groups in total. The number of carbonyl (C=O) groups excluding carboxylic acids is 4. The van der Waals surface area contributed by atoms with Gasteiger partial charge in [0.05, 0.1) is 54.8 Å². The lowest BCUT2D eigenvalue weighted by molar-refractivity contribution is -0.145. The van der Waals surface area contributed by atoms with Crippen molar-refractivity contribution in [2.24, 2.45) is 17.8 Å². The molecule has 1 aliphatic heterocycles.